The maximum absolute atomic E-state index is 12.6. The molecule has 0 unspecified atom stereocenters. The molecule has 1 aromatic heterocycles. The molecule has 1 saturated heterocycles. The third kappa shape index (κ3) is 4.61. The maximum Gasteiger partial charge on any atom is 0.274 e. The van der Waals surface area contributed by atoms with Crippen LogP contribution in [0.25, 0.3) is 6.08 Å². The van der Waals surface area contributed by atoms with Crippen LogP contribution in [-0.4, -0.2) is 57.4 Å². The fourth-order valence-corrected chi connectivity index (χ4v) is 3.85. The van der Waals surface area contributed by atoms with Gasteiger partial charge in [0.15, 0.2) is 0 Å². The second kappa shape index (κ2) is 8.44. The minimum atomic E-state index is 0.00324. The molecule has 0 radical (unpaired) electrons. The fraction of sp³-hybridized carbons (Fsp3) is 0.409. The van der Waals surface area contributed by atoms with Crippen molar-refractivity contribution in [1.29, 1.82) is 0 Å². The van der Waals surface area contributed by atoms with Crippen LogP contribution >= 0.6 is 0 Å². The Labute approximate surface area is 160 Å². The number of rotatable bonds is 6. The van der Waals surface area contributed by atoms with Gasteiger partial charge in [0.25, 0.3) is 5.91 Å². The number of amides is 1. The summed E-state index contributed by atoms with van der Waals surface area (Å²) >= 11 is 0. The minimum absolute atomic E-state index is 0.00324. The SMILES string of the molecule is O=C(c1cnccn1)N1CCC(N(C/C=C/c2ccccc2)C2CC2)CC1. The van der Waals surface area contributed by atoms with E-state index in [4.69, 9.17) is 0 Å². The molecule has 1 saturated carbocycles. The lowest BCUT2D eigenvalue weighted by molar-refractivity contribution is 0.0617. The van der Waals surface area contributed by atoms with E-state index in [1.54, 1.807) is 18.6 Å². The Morgan fingerprint density at radius 1 is 1.07 bits per heavy atom. The van der Waals surface area contributed by atoms with Crippen LogP contribution in [0.3, 0.4) is 0 Å². The molecule has 2 fully saturated rings. The molecule has 1 amide bonds. The molecule has 0 bridgehead atoms. The van der Waals surface area contributed by atoms with E-state index in [0.717, 1.165) is 38.5 Å². The van der Waals surface area contributed by atoms with Gasteiger partial charge in [-0.15, -0.1) is 0 Å². The minimum Gasteiger partial charge on any atom is -0.337 e. The second-order valence-corrected chi connectivity index (χ2v) is 7.36. The van der Waals surface area contributed by atoms with E-state index in [1.165, 1.54) is 18.4 Å². The van der Waals surface area contributed by atoms with Crippen LogP contribution in [0.1, 0.15) is 41.7 Å². The normalized spacial score (nSPS) is 18.3. The Kier molecular flexibility index (Phi) is 5.58. The van der Waals surface area contributed by atoms with Crippen LogP contribution in [-0.2, 0) is 0 Å². The zero-order chi connectivity index (χ0) is 18.5. The Morgan fingerprint density at radius 3 is 2.48 bits per heavy atom. The quantitative estimate of drug-likeness (QED) is 0.791. The summed E-state index contributed by atoms with van der Waals surface area (Å²) < 4.78 is 0. The average molecular weight is 362 g/mol. The number of carbonyl (C=O) groups excluding carboxylic acids is 1. The summed E-state index contributed by atoms with van der Waals surface area (Å²) in [7, 11) is 0. The van der Waals surface area contributed by atoms with Crippen molar-refractivity contribution in [3.8, 4) is 0 Å². The lowest BCUT2D eigenvalue weighted by Crippen LogP contribution is -2.47. The molecule has 0 atom stereocenters. The van der Waals surface area contributed by atoms with Crippen molar-refractivity contribution in [2.75, 3.05) is 19.6 Å². The van der Waals surface area contributed by atoms with E-state index in [2.05, 4.69) is 51.3 Å². The van der Waals surface area contributed by atoms with Crippen LogP contribution < -0.4 is 0 Å². The zero-order valence-electron chi connectivity index (χ0n) is 15.6. The van der Waals surface area contributed by atoms with Crippen molar-refractivity contribution in [3.63, 3.8) is 0 Å². The average Bonchev–Trinajstić information content (AvgIpc) is 3.57. The monoisotopic (exact) mass is 362 g/mol. The van der Waals surface area contributed by atoms with Gasteiger partial charge in [-0.3, -0.25) is 14.7 Å². The van der Waals surface area contributed by atoms with Gasteiger partial charge in [-0.05, 0) is 31.2 Å². The van der Waals surface area contributed by atoms with Gasteiger partial charge in [-0.25, -0.2) is 4.98 Å². The van der Waals surface area contributed by atoms with Gasteiger partial charge in [0.05, 0.1) is 6.20 Å². The van der Waals surface area contributed by atoms with Crippen molar-refractivity contribution in [2.45, 2.75) is 37.8 Å². The molecule has 5 heteroatoms. The molecule has 4 rings (SSSR count). The number of hydrogen-bond acceptors (Lipinski definition) is 4. The lowest BCUT2D eigenvalue weighted by Gasteiger charge is -2.38. The molecule has 27 heavy (non-hydrogen) atoms. The van der Waals surface area contributed by atoms with Gasteiger partial charge >= 0.3 is 0 Å². The Balaban J connectivity index is 1.33. The number of likely N-dealkylation sites (tertiary alicyclic amines) is 1. The van der Waals surface area contributed by atoms with Crippen LogP contribution in [0.5, 0.6) is 0 Å². The van der Waals surface area contributed by atoms with Crippen molar-refractivity contribution in [2.24, 2.45) is 0 Å². The molecule has 1 aliphatic heterocycles. The standard InChI is InChI=1S/C22H26N4O/c27-22(21-17-23-12-13-24-21)25-15-10-20(11-16-25)26(19-8-9-19)14-4-7-18-5-2-1-3-6-18/h1-7,12-13,17,19-20H,8-11,14-16H2/b7-4+. The number of carbonyl (C=O) groups is 1. The second-order valence-electron chi connectivity index (χ2n) is 7.36. The Hall–Kier alpha value is -2.53. The van der Waals surface area contributed by atoms with E-state index in [0.29, 0.717) is 11.7 Å². The van der Waals surface area contributed by atoms with Crippen molar-refractivity contribution in [1.82, 2.24) is 19.8 Å². The number of piperidine rings is 1. The van der Waals surface area contributed by atoms with Gasteiger partial charge in [-0.1, -0.05) is 42.5 Å². The first kappa shape index (κ1) is 17.9. The van der Waals surface area contributed by atoms with Crippen molar-refractivity contribution in [3.05, 3.63) is 66.3 Å². The van der Waals surface area contributed by atoms with Crippen LogP contribution in [0.15, 0.2) is 55.0 Å². The highest BCUT2D eigenvalue weighted by molar-refractivity contribution is 5.92. The van der Waals surface area contributed by atoms with Crippen molar-refractivity contribution < 1.29 is 4.79 Å². The predicted molar refractivity (Wildman–Crippen MR) is 106 cm³/mol. The molecule has 5 nitrogen and oxygen atoms in total. The van der Waals surface area contributed by atoms with E-state index in [-0.39, 0.29) is 5.91 Å². The summed E-state index contributed by atoms with van der Waals surface area (Å²) in [5.74, 6) is 0.00324. The smallest absolute Gasteiger partial charge is 0.274 e. The first-order valence-electron chi connectivity index (χ1n) is 9.84. The van der Waals surface area contributed by atoms with Gasteiger partial charge in [0.1, 0.15) is 5.69 Å². The highest BCUT2D eigenvalue weighted by Gasteiger charge is 2.35. The summed E-state index contributed by atoms with van der Waals surface area (Å²) in [5, 5.41) is 0. The molecule has 0 N–H and O–H groups in total. The van der Waals surface area contributed by atoms with E-state index in [9.17, 15) is 4.79 Å². The third-order valence-corrected chi connectivity index (χ3v) is 5.44. The van der Waals surface area contributed by atoms with Crippen molar-refractivity contribution >= 4 is 12.0 Å². The van der Waals surface area contributed by atoms with Crippen LogP contribution in [0.4, 0.5) is 0 Å². The fourth-order valence-electron chi connectivity index (χ4n) is 3.85. The summed E-state index contributed by atoms with van der Waals surface area (Å²) in [6.07, 6.45) is 13.9. The first-order chi connectivity index (χ1) is 13.3. The highest BCUT2D eigenvalue weighted by Crippen LogP contribution is 2.32. The molecule has 0 spiro atoms. The summed E-state index contributed by atoms with van der Waals surface area (Å²) in [6, 6.07) is 11.7. The molecule has 1 aromatic carbocycles. The van der Waals surface area contributed by atoms with Crippen LogP contribution in [0.2, 0.25) is 0 Å². The Morgan fingerprint density at radius 2 is 1.81 bits per heavy atom. The van der Waals surface area contributed by atoms with Gasteiger partial charge in [-0.2, -0.15) is 0 Å². The number of aromatic nitrogens is 2. The Bertz CT molecular complexity index is 765. The molecule has 1 aliphatic carbocycles. The van der Waals surface area contributed by atoms with Crippen LogP contribution in [0, 0.1) is 0 Å². The van der Waals surface area contributed by atoms with Gasteiger partial charge in [0.2, 0.25) is 0 Å². The van der Waals surface area contributed by atoms with E-state index < -0.39 is 0 Å². The topological polar surface area (TPSA) is 49.3 Å². The summed E-state index contributed by atoms with van der Waals surface area (Å²) in [5.41, 5.74) is 1.69. The molecule has 2 aromatic rings. The predicted octanol–water partition coefficient (Wildman–Crippen LogP) is 3.26. The lowest BCUT2D eigenvalue weighted by atomic mass is 10.0. The molecule has 140 valence electrons. The molecular weight excluding hydrogens is 336 g/mol. The molecule has 2 heterocycles. The highest BCUT2D eigenvalue weighted by atomic mass is 16.2. The number of nitrogens with zero attached hydrogens (tertiary/aromatic N) is 4. The first-order valence-corrected chi connectivity index (χ1v) is 9.84. The van der Waals surface area contributed by atoms with Gasteiger partial charge < -0.3 is 4.90 Å². The number of hydrogen-bond donors (Lipinski definition) is 0. The maximum atomic E-state index is 12.6. The third-order valence-electron chi connectivity index (χ3n) is 5.44. The van der Waals surface area contributed by atoms with E-state index >= 15 is 0 Å². The zero-order valence-corrected chi connectivity index (χ0v) is 15.6. The summed E-state index contributed by atoms with van der Waals surface area (Å²) in [6.45, 7) is 2.58. The largest absolute Gasteiger partial charge is 0.337 e. The van der Waals surface area contributed by atoms with E-state index in [1.807, 2.05) is 11.0 Å². The van der Waals surface area contributed by atoms with Gasteiger partial charge in [0, 0.05) is 44.1 Å². The summed E-state index contributed by atoms with van der Waals surface area (Å²) in [4.78, 5) is 25.3. The molecular formula is C22H26N4O. The molecule has 2 aliphatic rings. The number of benzene rings is 1.